The lowest BCUT2D eigenvalue weighted by atomic mass is 10.2. The topological polar surface area (TPSA) is 70.2 Å². The van der Waals surface area contributed by atoms with Crippen LogP contribution in [0.15, 0.2) is 48.5 Å². The van der Waals surface area contributed by atoms with Crippen molar-refractivity contribution in [1.29, 1.82) is 0 Å². The van der Waals surface area contributed by atoms with Crippen LogP contribution in [0, 0.1) is 0 Å². The van der Waals surface area contributed by atoms with Crippen LogP contribution < -0.4 is 16.2 Å². The van der Waals surface area contributed by atoms with Crippen molar-refractivity contribution in [3.8, 4) is 0 Å². The van der Waals surface area contributed by atoms with E-state index in [-0.39, 0.29) is 0 Å². The SMILES string of the molecule is O=C(NNC(=O)c1cccc(Cl)c1)Nc1cccc(Cl)c1. The number of nitrogens with one attached hydrogen (secondary N) is 3. The molecule has 0 saturated heterocycles. The molecule has 0 heterocycles. The Labute approximate surface area is 131 Å². The highest BCUT2D eigenvalue weighted by molar-refractivity contribution is 6.31. The van der Waals surface area contributed by atoms with E-state index in [0.717, 1.165) is 0 Å². The molecule has 0 aliphatic heterocycles. The van der Waals surface area contributed by atoms with E-state index in [2.05, 4.69) is 16.2 Å². The molecule has 0 aliphatic carbocycles. The van der Waals surface area contributed by atoms with Crippen molar-refractivity contribution >= 4 is 40.8 Å². The third-order valence-electron chi connectivity index (χ3n) is 2.46. The minimum atomic E-state index is -0.590. The lowest BCUT2D eigenvalue weighted by Crippen LogP contribution is -2.43. The van der Waals surface area contributed by atoms with Gasteiger partial charge in [0, 0.05) is 21.3 Å². The van der Waals surface area contributed by atoms with Crippen LogP contribution in [-0.2, 0) is 0 Å². The Morgan fingerprint density at radius 1 is 0.857 bits per heavy atom. The van der Waals surface area contributed by atoms with Crippen LogP contribution in [0.4, 0.5) is 10.5 Å². The number of amides is 3. The number of hydrogen-bond acceptors (Lipinski definition) is 2. The zero-order valence-corrected chi connectivity index (χ0v) is 12.2. The summed E-state index contributed by atoms with van der Waals surface area (Å²) in [6.07, 6.45) is 0. The summed E-state index contributed by atoms with van der Waals surface area (Å²) in [5.74, 6) is -0.473. The third kappa shape index (κ3) is 4.66. The Morgan fingerprint density at radius 2 is 1.52 bits per heavy atom. The Balaban J connectivity index is 1.88. The fourth-order valence-electron chi connectivity index (χ4n) is 1.54. The van der Waals surface area contributed by atoms with Crippen LogP contribution in [0.3, 0.4) is 0 Å². The van der Waals surface area contributed by atoms with Gasteiger partial charge >= 0.3 is 6.03 Å². The molecule has 3 N–H and O–H groups in total. The van der Waals surface area contributed by atoms with Gasteiger partial charge in [-0.05, 0) is 36.4 Å². The molecule has 0 aromatic heterocycles. The Hall–Kier alpha value is -2.24. The maximum atomic E-state index is 11.8. The van der Waals surface area contributed by atoms with Gasteiger partial charge in [0.1, 0.15) is 0 Å². The number of benzene rings is 2. The zero-order chi connectivity index (χ0) is 15.2. The molecule has 21 heavy (non-hydrogen) atoms. The summed E-state index contributed by atoms with van der Waals surface area (Å²) in [5, 5.41) is 3.46. The summed E-state index contributed by atoms with van der Waals surface area (Å²) in [6.45, 7) is 0. The van der Waals surface area contributed by atoms with Crippen LogP contribution in [0.25, 0.3) is 0 Å². The molecule has 0 saturated carbocycles. The van der Waals surface area contributed by atoms with Crippen LogP contribution in [0.2, 0.25) is 10.0 Å². The van der Waals surface area contributed by atoms with E-state index in [1.807, 2.05) is 0 Å². The first-order valence-electron chi connectivity index (χ1n) is 5.93. The second kappa shape index (κ2) is 6.97. The highest BCUT2D eigenvalue weighted by Crippen LogP contribution is 2.14. The molecule has 0 atom stereocenters. The number of anilines is 1. The van der Waals surface area contributed by atoms with Crippen LogP contribution in [0.1, 0.15) is 10.4 Å². The molecule has 0 aliphatic rings. The van der Waals surface area contributed by atoms with Crippen LogP contribution >= 0.6 is 23.2 Å². The first-order valence-corrected chi connectivity index (χ1v) is 6.68. The van der Waals surface area contributed by atoms with E-state index in [0.29, 0.717) is 21.3 Å². The Bertz CT molecular complexity index is 677. The number of hydrazine groups is 1. The maximum absolute atomic E-state index is 11.8. The first-order chi connectivity index (χ1) is 10.0. The lowest BCUT2D eigenvalue weighted by Gasteiger charge is -2.09. The molecule has 2 aromatic rings. The Morgan fingerprint density at radius 3 is 2.19 bits per heavy atom. The van der Waals surface area contributed by atoms with Crippen LogP contribution in [0.5, 0.6) is 0 Å². The number of halogens is 2. The number of rotatable bonds is 2. The van der Waals surface area contributed by atoms with E-state index in [1.165, 1.54) is 6.07 Å². The molecule has 7 heteroatoms. The smallest absolute Gasteiger partial charge is 0.307 e. The second-order valence-electron chi connectivity index (χ2n) is 4.05. The summed E-state index contributed by atoms with van der Waals surface area (Å²) in [7, 11) is 0. The summed E-state index contributed by atoms with van der Waals surface area (Å²) >= 11 is 11.6. The predicted molar refractivity (Wildman–Crippen MR) is 82.5 cm³/mol. The minimum absolute atomic E-state index is 0.338. The van der Waals surface area contributed by atoms with E-state index in [1.54, 1.807) is 42.5 Å². The summed E-state index contributed by atoms with van der Waals surface area (Å²) in [6, 6.07) is 12.4. The number of urea groups is 1. The van der Waals surface area contributed by atoms with Crippen molar-refractivity contribution in [1.82, 2.24) is 10.9 Å². The molecular weight excluding hydrogens is 313 g/mol. The molecule has 2 aromatic carbocycles. The minimum Gasteiger partial charge on any atom is -0.307 e. The maximum Gasteiger partial charge on any atom is 0.337 e. The quantitative estimate of drug-likeness (QED) is 0.741. The van der Waals surface area contributed by atoms with E-state index in [4.69, 9.17) is 23.2 Å². The van der Waals surface area contributed by atoms with Crippen molar-refractivity contribution < 1.29 is 9.59 Å². The number of carbonyl (C=O) groups is 2. The van der Waals surface area contributed by atoms with Gasteiger partial charge in [0.2, 0.25) is 0 Å². The standard InChI is InChI=1S/C14H11Cl2N3O2/c15-10-4-1-3-9(7-10)13(20)18-19-14(21)17-12-6-2-5-11(16)8-12/h1-8H,(H,18,20)(H2,17,19,21). The molecule has 3 amide bonds. The van der Waals surface area contributed by atoms with Gasteiger partial charge in [-0.2, -0.15) is 0 Å². The van der Waals surface area contributed by atoms with Crippen molar-refractivity contribution in [3.05, 3.63) is 64.1 Å². The fraction of sp³-hybridized carbons (Fsp3) is 0. The van der Waals surface area contributed by atoms with Crippen LogP contribution in [-0.4, -0.2) is 11.9 Å². The fourth-order valence-corrected chi connectivity index (χ4v) is 1.92. The molecule has 0 fully saturated rings. The normalized spacial score (nSPS) is 9.81. The van der Waals surface area contributed by atoms with Gasteiger partial charge in [-0.1, -0.05) is 35.3 Å². The van der Waals surface area contributed by atoms with Gasteiger partial charge < -0.3 is 5.32 Å². The van der Waals surface area contributed by atoms with Gasteiger partial charge in [-0.3, -0.25) is 10.2 Å². The van der Waals surface area contributed by atoms with Gasteiger partial charge in [0.05, 0.1) is 0 Å². The largest absolute Gasteiger partial charge is 0.337 e. The lowest BCUT2D eigenvalue weighted by molar-refractivity contribution is 0.0938. The highest BCUT2D eigenvalue weighted by atomic mass is 35.5. The van der Waals surface area contributed by atoms with Crippen molar-refractivity contribution in [3.63, 3.8) is 0 Å². The summed E-state index contributed by atoms with van der Waals surface area (Å²) < 4.78 is 0. The molecule has 0 unspecified atom stereocenters. The molecule has 2 rings (SSSR count). The van der Waals surface area contributed by atoms with E-state index in [9.17, 15) is 9.59 Å². The first kappa shape index (κ1) is 15.2. The molecule has 0 spiro atoms. The molecule has 108 valence electrons. The summed E-state index contributed by atoms with van der Waals surface area (Å²) in [4.78, 5) is 23.4. The van der Waals surface area contributed by atoms with E-state index >= 15 is 0 Å². The molecule has 0 radical (unpaired) electrons. The van der Waals surface area contributed by atoms with Gasteiger partial charge in [-0.15, -0.1) is 0 Å². The zero-order valence-electron chi connectivity index (χ0n) is 10.7. The van der Waals surface area contributed by atoms with Gasteiger partial charge in [-0.25, -0.2) is 10.2 Å². The number of carbonyl (C=O) groups excluding carboxylic acids is 2. The monoisotopic (exact) mass is 323 g/mol. The molecule has 0 bridgehead atoms. The Kier molecular flexibility index (Phi) is 5.03. The van der Waals surface area contributed by atoms with Gasteiger partial charge in [0.15, 0.2) is 0 Å². The average molecular weight is 324 g/mol. The third-order valence-corrected chi connectivity index (χ3v) is 2.93. The van der Waals surface area contributed by atoms with E-state index < -0.39 is 11.9 Å². The molecule has 5 nitrogen and oxygen atoms in total. The average Bonchev–Trinajstić information content (AvgIpc) is 2.45. The number of hydrogen-bond donors (Lipinski definition) is 3. The molecular formula is C14H11Cl2N3O2. The second-order valence-corrected chi connectivity index (χ2v) is 4.93. The van der Waals surface area contributed by atoms with Gasteiger partial charge in [0.25, 0.3) is 5.91 Å². The van der Waals surface area contributed by atoms with Crippen molar-refractivity contribution in [2.75, 3.05) is 5.32 Å². The highest BCUT2D eigenvalue weighted by Gasteiger charge is 2.07. The predicted octanol–water partition coefficient (Wildman–Crippen LogP) is 3.46. The van der Waals surface area contributed by atoms with Crippen molar-refractivity contribution in [2.24, 2.45) is 0 Å². The van der Waals surface area contributed by atoms with Crippen molar-refractivity contribution in [2.45, 2.75) is 0 Å². The summed E-state index contributed by atoms with van der Waals surface area (Å²) in [5.41, 5.74) is 5.35.